The van der Waals surface area contributed by atoms with Crippen LogP contribution < -0.4 is 0 Å². The molecule has 1 aromatic heterocycles. The second-order valence-electron chi connectivity index (χ2n) is 3.60. The number of hydrogen-bond acceptors (Lipinski definition) is 4. The Morgan fingerprint density at radius 2 is 2.18 bits per heavy atom. The van der Waals surface area contributed by atoms with Crippen LogP contribution in [0.4, 0.5) is 4.39 Å². The number of aliphatic hydroxyl groups excluding tert-OH is 1. The van der Waals surface area contributed by atoms with E-state index in [2.05, 4.69) is 15.2 Å². The van der Waals surface area contributed by atoms with Gasteiger partial charge < -0.3 is 5.11 Å². The van der Waals surface area contributed by atoms with E-state index in [-0.39, 0.29) is 12.4 Å². The maximum absolute atomic E-state index is 13.1. The molecule has 0 amide bonds. The summed E-state index contributed by atoms with van der Waals surface area (Å²) in [6.07, 6.45) is 2.65. The molecule has 0 atom stereocenters. The lowest BCUT2D eigenvalue weighted by Gasteiger charge is -2.02. The van der Waals surface area contributed by atoms with Crippen LogP contribution in [0.5, 0.6) is 0 Å². The summed E-state index contributed by atoms with van der Waals surface area (Å²) in [5.74, 6) is 0.249. The van der Waals surface area contributed by atoms with Gasteiger partial charge in [0.2, 0.25) is 0 Å². The Morgan fingerprint density at radius 1 is 1.29 bits per heavy atom. The fourth-order valence-corrected chi connectivity index (χ4v) is 1.47. The van der Waals surface area contributed by atoms with Crippen molar-refractivity contribution < 1.29 is 9.50 Å². The van der Waals surface area contributed by atoms with Gasteiger partial charge in [0.05, 0.1) is 11.9 Å². The van der Waals surface area contributed by atoms with Crippen LogP contribution in [0.25, 0.3) is 11.3 Å². The number of hydrogen-bond donors (Lipinski definition) is 1. The Labute approximate surface area is 98.2 Å². The quantitative estimate of drug-likeness (QED) is 0.871. The minimum absolute atomic E-state index is 0.0908. The van der Waals surface area contributed by atoms with E-state index >= 15 is 0 Å². The zero-order chi connectivity index (χ0) is 12.1. The van der Waals surface area contributed by atoms with Gasteiger partial charge in [0.25, 0.3) is 0 Å². The molecular weight excluding hydrogens is 221 g/mol. The summed E-state index contributed by atoms with van der Waals surface area (Å²) in [4.78, 5) is 4.27. The molecule has 17 heavy (non-hydrogen) atoms. The second kappa shape index (κ2) is 5.45. The maximum Gasteiger partial charge on any atom is 0.151 e. The summed E-state index contributed by atoms with van der Waals surface area (Å²) in [6, 6.07) is 6.17. The van der Waals surface area contributed by atoms with Gasteiger partial charge >= 0.3 is 0 Å². The van der Waals surface area contributed by atoms with Crippen molar-refractivity contribution in [2.24, 2.45) is 0 Å². The number of aliphatic hydroxyl groups is 1. The van der Waals surface area contributed by atoms with Crippen LogP contribution in [0.15, 0.2) is 30.5 Å². The van der Waals surface area contributed by atoms with E-state index in [1.807, 2.05) is 0 Å². The van der Waals surface area contributed by atoms with Gasteiger partial charge in [0.15, 0.2) is 5.82 Å². The van der Waals surface area contributed by atoms with E-state index in [4.69, 9.17) is 5.11 Å². The Morgan fingerprint density at radius 3 is 2.94 bits per heavy atom. The average Bonchev–Trinajstić information content (AvgIpc) is 2.37. The van der Waals surface area contributed by atoms with Crippen LogP contribution in [0, 0.1) is 5.82 Å². The highest BCUT2D eigenvalue weighted by Crippen LogP contribution is 2.16. The van der Waals surface area contributed by atoms with Crippen molar-refractivity contribution >= 4 is 0 Å². The van der Waals surface area contributed by atoms with Gasteiger partial charge in [-0.25, -0.2) is 9.37 Å². The molecule has 1 heterocycles. The zero-order valence-electron chi connectivity index (χ0n) is 9.17. The summed E-state index contributed by atoms with van der Waals surface area (Å²) >= 11 is 0. The minimum Gasteiger partial charge on any atom is -0.396 e. The normalized spacial score (nSPS) is 10.5. The first-order valence-electron chi connectivity index (χ1n) is 5.35. The molecule has 0 aliphatic rings. The number of aromatic nitrogens is 3. The van der Waals surface area contributed by atoms with Crippen molar-refractivity contribution in [1.82, 2.24) is 15.2 Å². The van der Waals surface area contributed by atoms with Gasteiger partial charge in [0, 0.05) is 18.6 Å². The molecule has 2 rings (SSSR count). The molecule has 0 spiro atoms. The van der Waals surface area contributed by atoms with Crippen LogP contribution in [-0.2, 0) is 6.42 Å². The van der Waals surface area contributed by atoms with E-state index in [0.29, 0.717) is 29.9 Å². The van der Waals surface area contributed by atoms with E-state index < -0.39 is 0 Å². The van der Waals surface area contributed by atoms with Gasteiger partial charge in [-0.15, -0.1) is 5.10 Å². The van der Waals surface area contributed by atoms with E-state index in [9.17, 15) is 4.39 Å². The van der Waals surface area contributed by atoms with Gasteiger partial charge in [-0.3, -0.25) is 0 Å². The molecule has 1 N–H and O–H groups in total. The Balaban J connectivity index is 2.26. The molecule has 0 bridgehead atoms. The fraction of sp³-hybridized carbons (Fsp3) is 0.250. The van der Waals surface area contributed by atoms with Crippen molar-refractivity contribution in [3.63, 3.8) is 0 Å². The van der Waals surface area contributed by atoms with Crippen molar-refractivity contribution in [1.29, 1.82) is 0 Å². The summed E-state index contributed by atoms with van der Waals surface area (Å²) in [7, 11) is 0. The zero-order valence-corrected chi connectivity index (χ0v) is 9.17. The molecule has 0 unspecified atom stereocenters. The Bertz CT molecular complexity index is 505. The monoisotopic (exact) mass is 233 g/mol. The molecule has 2 aromatic rings. The summed E-state index contributed by atoms with van der Waals surface area (Å²) in [5.41, 5.74) is 1.26. The highest BCUT2D eigenvalue weighted by Gasteiger charge is 2.04. The molecule has 1 aromatic carbocycles. The van der Waals surface area contributed by atoms with E-state index in [1.54, 1.807) is 12.1 Å². The number of benzene rings is 1. The smallest absolute Gasteiger partial charge is 0.151 e. The topological polar surface area (TPSA) is 58.9 Å². The van der Waals surface area contributed by atoms with E-state index in [0.717, 1.165) is 0 Å². The van der Waals surface area contributed by atoms with Crippen LogP contribution in [0.3, 0.4) is 0 Å². The van der Waals surface area contributed by atoms with E-state index in [1.165, 1.54) is 18.3 Å². The molecule has 0 saturated heterocycles. The van der Waals surface area contributed by atoms with Crippen molar-refractivity contribution in [2.75, 3.05) is 6.61 Å². The highest BCUT2D eigenvalue weighted by atomic mass is 19.1. The fourth-order valence-electron chi connectivity index (χ4n) is 1.47. The molecule has 0 saturated carbocycles. The standard InChI is InChI=1S/C12H12FN3O/c13-10-4-1-3-9(7-10)11-8-14-16-12(15-11)5-2-6-17/h1,3-4,7-8,17H,2,5-6H2. The summed E-state index contributed by atoms with van der Waals surface area (Å²) in [6.45, 7) is 0.0908. The number of aryl methyl sites for hydroxylation is 1. The maximum atomic E-state index is 13.1. The first kappa shape index (κ1) is 11.6. The third-order valence-corrected chi connectivity index (χ3v) is 2.28. The Hall–Kier alpha value is -1.88. The highest BCUT2D eigenvalue weighted by molar-refractivity contribution is 5.57. The van der Waals surface area contributed by atoms with Gasteiger partial charge in [-0.05, 0) is 18.6 Å². The third kappa shape index (κ3) is 3.04. The number of rotatable bonds is 4. The average molecular weight is 233 g/mol. The molecule has 0 fully saturated rings. The second-order valence-corrected chi connectivity index (χ2v) is 3.60. The minimum atomic E-state index is -0.307. The molecular formula is C12H12FN3O. The largest absolute Gasteiger partial charge is 0.396 e. The van der Waals surface area contributed by atoms with Gasteiger partial charge in [-0.2, -0.15) is 5.10 Å². The lowest BCUT2D eigenvalue weighted by atomic mass is 10.1. The SMILES string of the molecule is OCCCc1nncc(-c2cccc(F)c2)n1. The predicted molar refractivity (Wildman–Crippen MR) is 60.6 cm³/mol. The van der Waals surface area contributed by atoms with Crippen LogP contribution in [0.2, 0.25) is 0 Å². The van der Waals surface area contributed by atoms with Gasteiger partial charge in [0.1, 0.15) is 5.82 Å². The van der Waals surface area contributed by atoms with Crippen LogP contribution >= 0.6 is 0 Å². The van der Waals surface area contributed by atoms with Crippen LogP contribution in [-0.4, -0.2) is 26.9 Å². The lowest BCUT2D eigenvalue weighted by Crippen LogP contribution is -2.00. The third-order valence-electron chi connectivity index (χ3n) is 2.28. The summed E-state index contributed by atoms with van der Waals surface area (Å²) < 4.78 is 13.1. The molecule has 0 aliphatic carbocycles. The molecule has 88 valence electrons. The number of halogens is 1. The lowest BCUT2D eigenvalue weighted by molar-refractivity contribution is 0.287. The molecule has 0 aliphatic heterocycles. The summed E-state index contributed by atoms with van der Waals surface area (Å²) in [5, 5.41) is 16.4. The van der Waals surface area contributed by atoms with Crippen molar-refractivity contribution in [3.8, 4) is 11.3 Å². The van der Waals surface area contributed by atoms with Crippen LogP contribution in [0.1, 0.15) is 12.2 Å². The molecule has 0 radical (unpaired) electrons. The van der Waals surface area contributed by atoms with Crippen molar-refractivity contribution in [3.05, 3.63) is 42.1 Å². The Kier molecular flexibility index (Phi) is 3.72. The first-order chi connectivity index (χ1) is 8.29. The molecule has 4 nitrogen and oxygen atoms in total. The predicted octanol–water partition coefficient (Wildman–Crippen LogP) is 1.60. The molecule has 5 heteroatoms. The van der Waals surface area contributed by atoms with Gasteiger partial charge in [-0.1, -0.05) is 12.1 Å². The van der Waals surface area contributed by atoms with Crippen molar-refractivity contribution in [2.45, 2.75) is 12.8 Å². The first-order valence-corrected chi connectivity index (χ1v) is 5.35. The number of nitrogens with zero attached hydrogens (tertiary/aromatic N) is 3.